The highest BCUT2D eigenvalue weighted by molar-refractivity contribution is 5.80. The van der Waals surface area contributed by atoms with Gasteiger partial charge >= 0.3 is 5.97 Å². The molecule has 0 bridgehead atoms. The smallest absolute Gasteiger partial charge is 0.325 e. The number of aliphatic carboxylic acids is 1. The Morgan fingerprint density at radius 3 is 2.42 bits per heavy atom. The van der Waals surface area contributed by atoms with Gasteiger partial charge in [0.25, 0.3) is 0 Å². The van der Waals surface area contributed by atoms with E-state index in [4.69, 9.17) is 0 Å². The Bertz CT molecular complexity index is 313. The Morgan fingerprint density at radius 1 is 1.32 bits per heavy atom. The molecule has 0 radical (unpaired) electrons. The summed E-state index contributed by atoms with van der Waals surface area (Å²) in [6.45, 7) is 6.67. The second-order valence-corrected chi connectivity index (χ2v) is 6.14. The summed E-state index contributed by atoms with van der Waals surface area (Å²) in [5.41, 5.74) is -0.703. The third kappa shape index (κ3) is 3.48. The van der Waals surface area contributed by atoms with Gasteiger partial charge in [0, 0.05) is 12.6 Å². The number of carboxylic acids is 1. The summed E-state index contributed by atoms with van der Waals surface area (Å²) in [4.78, 5) is 14.3. The molecule has 2 N–H and O–H groups in total. The number of carboxylic acid groups (broad SMARTS) is 1. The lowest BCUT2D eigenvalue weighted by Gasteiger charge is -2.36. The Labute approximate surface area is 116 Å². The Morgan fingerprint density at radius 2 is 2.00 bits per heavy atom. The van der Waals surface area contributed by atoms with Crippen LogP contribution in [-0.4, -0.2) is 47.2 Å². The van der Waals surface area contributed by atoms with Crippen LogP contribution in [0.25, 0.3) is 0 Å². The van der Waals surface area contributed by atoms with Crippen molar-refractivity contribution in [2.45, 2.75) is 64.0 Å². The zero-order chi connectivity index (χ0) is 13.9. The molecule has 0 aromatic carbocycles. The van der Waals surface area contributed by atoms with Gasteiger partial charge in [-0.2, -0.15) is 0 Å². The molecule has 0 aliphatic heterocycles. The van der Waals surface area contributed by atoms with E-state index in [1.54, 1.807) is 0 Å². The van der Waals surface area contributed by atoms with Crippen molar-refractivity contribution in [1.29, 1.82) is 0 Å². The van der Waals surface area contributed by atoms with Crippen molar-refractivity contribution in [1.82, 2.24) is 10.2 Å². The number of nitrogens with one attached hydrogen (secondary N) is 1. The third-order valence-electron chi connectivity index (χ3n) is 4.46. The quantitative estimate of drug-likeness (QED) is 0.637. The minimum atomic E-state index is -0.703. The first kappa shape index (κ1) is 14.8. The number of carbonyl (C=O) groups is 1. The molecule has 0 saturated heterocycles. The van der Waals surface area contributed by atoms with E-state index in [9.17, 15) is 9.90 Å². The summed E-state index contributed by atoms with van der Waals surface area (Å²) < 4.78 is 0. The molecule has 0 amide bonds. The molecule has 2 saturated carbocycles. The van der Waals surface area contributed by atoms with Gasteiger partial charge in [-0.15, -0.1) is 0 Å². The lowest BCUT2D eigenvalue weighted by Crippen LogP contribution is -2.61. The molecule has 19 heavy (non-hydrogen) atoms. The second-order valence-electron chi connectivity index (χ2n) is 6.14. The Hall–Kier alpha value is -0.610. The van der Waals surface area contributed by atoms with Gasteiger partial charge in [-0.25, -0.2) is 0 Å². The highest BCUT2D eigenvalue weighted by Gasteiger charge is 2.52. The first-order valence-electron chi connectivity index (χ1n) is 7.86. The molecule has 4 nitrogen and oxygen atoms in total. The third-order valence-corrected chi connectivity index (χ3v) is 4.46. The van der Waals surface area contributed by atoms with Crippen molar-refractivity contribution >= 4 is 5.97 Å². The molecule has 110 valence electrons. The molecule has 0 heterocycles. The molecule has 4 heteroatoms. The fourth-order valence-electron chi connectivity index (χ4n) is 3.05. The maximum absolute atomic E-state index is 11.9. The average Bonchev–Trinajstić information content (AvgIpc) is 3.24. The predicted molar refractivity (Wildman–Crippen MR) is 76.3 cm³/mol. The molecule has 1 unspecified atom stereocenters. The van der Waals surface area contributed by atoms with E-state index in [0.29, 0.717) is 18.5 Å². The lowest BCUT2D eigenvalue weighted by atomic mass is 9.92. The van der Waals surface area contributed by atoms with Crippen molar-refractivity contribution in [3.63, 3.8) is 0 Å². The summed E-state index contributed by atoms with van der Waals surface area (Å²) >= 11 is 0. The fourth-order valence-corrected chi connectivity index (χ4v) is 3.05. The first-order chi connectivity index (χ1) is 9.14. The summed E-state index contributed by atoms with van der Waals surface area (Å²) in [6.07, 6.45) is 6.96. The molecule has 2 rings (SSSR count). The van der Waals surface area contributed by atoms with Crippen LogP contribution in [0, 0.1) is 5.92 Å². The number of nitrogens with zero attached hydrogens (tertiary/aromatic N) is 1. The summed E-state index contributed by atoms with van der Waals surface area (Å²) in [7, 11) is 0. The van der Waals surface area contributed by atoms with Crippen molar-refractivity contribution in [2.24, 2.45) is 5.92 Å². The second kappa shape index (κ2) is 6.23. The van der Waals surface area contributed by atoms with Crippen molar-refractivity contribution in [3.8, 4) is 0 Å². The molecular weight excluding hydrogens is 240 g/mol. The highest BCUT2D eigenvalue weighted by Crippen LogP contribution is 2.42. The van der Waals surface area contributed by atoms with Crippen LogP contribution < -0.4 is 5.32 Å². The molecule has 0 aromatic rings. The summed E-state index contributed by atoms with van der Waals surface area (Å²) in [5, 5.41) is 13.1. The SMILES string of the molecule is CCCCN(CC(NCC)(C(=O)O)C1CC1)C1CC1. The van der Waals surface area contributed by atoms with Crippen molar-refractivity contribution < 1.29 is 9.90 Å². The number of likely N-dealkylation sites (N-methyl/N-ethyl adjacent to an activating group) is 1. The van der Waals surface area contributed by atoms with Crippen LogP contribution in [0.3, 0.4) is 0 Å². The summed E-state index contributed by atoms with van der Waals surface area (Å²) in [6, 6.07) is 0.641. The number of hydrogen-bond acceptors (Lipinski definition) is 3. The number of rotatable bonds is 10. The minimum absolute atomic E-state index is 0.327. The molecule has 1 atom stereocenters. The molecule has 2 aliphatic carbocycles. The summed E-state index contributed by atoms with van der Waals surface area (Å²) in [5.74, 6) is -0.327. The van der Waals surface area contributed by atoms with Crippen LogP contribution in [0.1, 0.15) is 52.4 Å². The highest BCUT2D eigenvalue weighted by atomic mass is 16.4. The van der Waals surface area contributed by atoms with E-state index in [1.807, 2.05) is 6.92 Å². The van der Waals surface area contributed by atoms with Gasteiger partial charge in [0.15, 0.2) is 0 Å². The van der Waals surface area contributed by atoms with Crippen LogP contribution in [0.2, 0.25) is 0 Å². The topological polar surface area (TPSA) is 52.6 Å². The number of unbranched alkanes of at least 4 members (excludes halogenated alkanes) is 1. The standard InChI is InChI=1S/C15H28N2O2/c1-3-5-10-17(13-8-9-13)11-15(14(18)19,16-4-2)12-6-7-12/h12-13,16H,3-11H2,1-2H3,(H,18,19). The molecule has 0 spiro atoms. The minimum Gasteiger partial charge on any atom is -0.480 e. The zero-order valence-electron chi connectivity index (χ0n) is 12.3. The lowest BCUT2D eigenvalue weighted by molar-refractivity contribution is -0.147. The van der Waals surface area contributed by atoms with Gasteiger partial charge in [0.1, 0.15) is 5.54 Å². The predicted octanol–water partition coefficient (Wildman–Crippen LogP) is 2.09. The Balaban J connectivity index is 2.05. The van der Waals surface area contributed by atoms with E-state index in [0.717, 1.165) is 25.9 Å². The van der Waals surface area contributed by atoms with Crippen molar-refractivity contribution in [2.75, 3.05) is 19.6 Å². The van der Waals surface area contributed by atoms with Crippen LogP contribution in [0.4, 0.5) is 0 Å². The van der Waals surface area contributed by atoms with Crippen LogP contribution in [-0.2, 0) is 4.79 Å². The van der Waals surface area contributed by atoms with E-state index in [-0.39, 0.29) is 0 Å². The van der Waals surface area contributed by atoms with Crippen LogP contribution in [0.15, 0.2) is 0 Å². The maximum atomic E-state index is 11.9. The van der Waals surface area contributed by atoms with Gasteiger partial charge < -0.3 is 10.4 Å². The van der Waals surface area contributed by atoms with Gasteiger partial charge in [-0.3, -0.25) is 9.69 Å². The van der Waals surface area contributed by atoms with Gasteiger partial charge in [-0.1, -0.05) is 20.3 Å². The zero-order valence-corrected chi connectivity index (χ0v) is 12.3. The fraction of sp³-hybridized carbons (Fsp3) is 0.933. The van der Waals surface area contributed by atoms with Gasteiger partial charge in [0.05, 0.1) is 0 Å². The van der Waals surface area contributed by atoms with E-state index < -0.39 is 11.5 Å². The average molecular weight is 268 g/mol. The molecule has 2 fully saturated rings. The first-order valence-corrected chi connectivity index (χ1v) is 7.86. The normalized spacial score (nSPS) is 22.5. The molecule has 0 aromatic heterocycles. The van der Waals surface area contributed by atoms with Gasteiger partial charge in [-0.05, 0) is 51.1 Å². The molecular formula is C15H28N2O2. The van der Waals surface area contributed by atoms with E-state index >= 15 is 0 Å². The maximum Gasteiger partial charge on any atom is 0.325 e. The Kier molecular flexibility index (Phi) is 4.85. The van der Waals surface area contributed by atoms with E-state index in [2.05, 4.69) is 17.1 Å². The van der Waals surface area contributed by atoms with Gasteiger partial charge in [0.2, 0.25) is 0 Å². The monoisotopic (exact) mass is 268 g/mol. The van der Waals surface area contributed by atoms with E-state index in [1.165, 1.54) is 25.7 Å². The largest absolute Gasteiger partial charge is 0.480 e. The molecule has 2 aliphatic rings. The van der Waals surface area contributed by atoms with Crippen LogP contribution in [0.5, 0.6) is 0 Å². The number of hydrogen-bond donors (Lipinski definition) is 2. The van der Waals surface area contributed by atoms with Crippen LogP contribution >= 0.6 is 0 Å². The van der Waals surface area contributed by atoms with Crippen molar-refractivity contribution in [3.05, 3.63) is 0 Å².